The Labute approximate surface area is 109 Å². The summed E-state index contributed by atoms with van der Waals surface area (Å²) in [6.07, 6.45) is -5.18. The fraction of sp³-hybridized carbons (Fsp3) is 0.462. The Hall–Kier alpha value is -1.72. The van der Waals surface area contributed by atoms with Gasteiger partial charge in [0.05, 0.1) is 5.56 Å². The van der Waals surface area contributed by atoms with E-state index in [0.717, 1.165) is 24.3 Å². The van der Waals surface area contributed by atoms with Crippen LogP contribution in [-0.2, 0) is 11.0 Å². The molecule has 0 amide bonds. The molecule has 0 heterocycles. The maximum Gasteiger partial charge on any atom is 0.416 e. The molecule has 1 atom stereocenters. The number of aliphatic carboxylic acids is 1. The Balaban J connectivity index is 2.78. The summed E-state index contributed by atoms with van der Waals surface area (Å²) in [7, 11) is 0. The van der Waals surface area contributed by atoms with Gasteiger partial charge in [-0.15, -0.1) is 0 Å². The summed E-state index contributed by atoms with van der Waals surface area (Å²) < 4.78 is 42.2. The molecule has 0 unspecified atom stereocenters. The SMILES string of the molecule is CC(C)C[C@@H](Oc1ccc(C(F)(F)F)cc1)C(=O)O. The smallest absolute Gasteiger partial charge is 0.416 e. The van der Waals surface area contributed by atoms with Gasteiger partial charge in [-0.1, -0.05) is 13.8 Å². The van der Waals surface area contributed by atoms with E-state index in [2.05, 4.69) is 0 Å². The van der Waals surface area contributed by atoms with Gasteiger partial charge in [0, 0.05) is 0 Å². The first-order valence-electron chi connectivity index (χ1n) is 5.77. The lowest BCUT2D eigenvalue weighted by molar-refractivity contribution is -0.146. The van der Waals surface area contributed by atoms with E-state index in [1.165, 1.54) is 0 Å². The minimum atomic E-state index is -4.41. The average molecular weight is 276 g/mol. The van der Waals surface area contributed by atoms with Crippen LogP contribution >= 0.6 is 0 Å². The molecule has 1 aromatic rings. The lowest BCUT2D eigenvalue weighted by Crippen LogP contribution is -2.28. The van der Waals surface area contributed by atoms with E-state index in [-0.39, 0.29) is 18.1 Å². The van der Waals surface area contributed by atoms with E-state index in [9.17, 15) is 18.0 Å². The third-order valence-corrected chi connectivity index (χ3v) is 2.42. The van der Waals surface area contributed by atoms with Crippen molar-refractivity contribution in [3.05, 3.63) is 29.8 Å². The van der Waals surface area contributed by atoms with E-state index in [0.29, 0.717) is 0 Å². The first kappa shape index (κ1) is 15.3. The normalized spacial score (nSPS) is 13.4. The van der Waals surface area contributed by atoms with E-state index in [1.54, 1.807) is 0 Å². The first-order valence-corrected chi connectivity index (χ1v) is 5.77. The second kappa shape index (κ2) is 5.95. The average Bonchev–Trinajstić information content (AvgIpc) is 2.27. The van der Waals surface area contributed by atoms with Crippen molar-refractivity contribution in [3.63, 3.8) is 0 Å². The Kier molecular flexibility index (Phi) is 4.80. The molecule has 0 aliphatic heterocycles. The maximum absolute atomic E-state index is 12.3. The molecule has 1 N–H and O–H groups in total. The van der Waals surface area contributed by atoms with Gasteiger partial charge >= 0.3 is 12.1 Å². The highest BCUT2D eigenvalue weighted by Crippen LogP contribution is 2.30. The van der Waals surface area contributed by atoms with Crippen LogP contribution in [0.25, 0.3) is 0 Å². The second-order valence-corrected chi connectivity index (χ2v) is 4.60. The molecule has 19 heavy (non-hydrogen) atoms. The number of hydrogen-bond acceptors (Lipinski definition) is 2. The monoisotopic (exact) mass is 276 g/mol. The van der Waals surface area contributed by atoms with Crippen LogP contribution in [0.2, 0.25) is 0 Å². The predicted octanol–water partition coefficient (Wildman–Crippen LogP) is 3.58. The van der Waals surface area contributed by atoms with Crippen LogP contribution in [-0.4, -0.2) is 17.2 Å². The number of carboxylic acids is 1. The molecular weight excluding hydrogens is 261 g/mol. The van der Waals surface area contributed by atoms with Crippen molar-refractivity contribution >= 4 is 5.97 Å². The molecule has 3 nitrogen and oxygen atoms in total. The molecule has 0 bridgehead atoms. The number of ether oxygens (including phenoxy) is 1. The van der Waals surface area contributed by atoms with Crippen LogP contribution in [0.3, 0.4) is 0 Å². The Bertz CT molecular complexity index is 424. The summed E-state index contributed by atoms with van der Waals surface area (Å²) in [5.74, 6) is -0.912. The topological polar surface area (TPSA) is 46.5 Å². The largest absolute Gasteiger partial charge is 0.479 e. The molecule has 0 aliphatic rings. The molecule has 1 aromatic carbocycles. The number of carboxylic acid groups (broad SMARTS) is 1. The standard InChI is InChI=1S/C13H15F3O3/c1-8(2)7-11(12(17)18)19-10-5-3-9(4-6-10)13(14,15)16/h3-6,8,11H,7H2,1-2H3,(H,17,18)/t11-/m1/s1. The van der Waals surface area contributed by atoms with Crippen LogP contribution in [0.5, 0.6) is 5.75 Å². The third kappa shape index (κ3) is 4.81. The number of alkyl halides is 3. The Morgan fingerprint density at radius 1 is 1.26 bits per heavy atom. The summed E-state index contributed by atoms with van der Waals surface area (Å²) in [5, 5.41) is 8.96. The summed E-state index contributed by atoms with van der Waals surface area (Å²) in [6, 6.07) is 3.98. The van der Waals surface area contributed by atoms with Gasteiger partial charge in [0.25, 0.3) is 0 Å². The highest BCUT2D eigenvalue weighted by atomic mass is 19.4. The zero-order valence-electron chi connectivity index (χ0n) is 10.6. The molecule has 0 saturated carbocycles. The Morgan fingerprint density at radius 2 is 1.79 bits per heavy atom. The van der Waals surface area contributed by atoms with Gasteiger partial charge in [-0.05, 0) is 36.6 Å². The zero-order chi connectivity index (χ0) is 14.6. The van der Waals surface area contributed by atoms with E-state index in [4.69, 9.17) is 9.84 Å². The van der Waals surface area contributed by atoms with Crippen molar-refractivity contribution in [2.45, 2.75) is 32.5 Å². The third-order valence-electron chi connectivity index (χ3n) is 2.42. The van der Waals surface area contributed by atoms with Crippen molar-refractivity contribution in [3.8, 4) is 5.75 Å². The molecular formula is C13H15F3O3. The number of halogens is 3. The number of carbonyl (C=O) groups is 1. The van der Waals surface area contributed by atoms with Crippen LogP contribution in [0.4, 0.5) is 13.2 Å². The zero-order valence-corrected chi connectivity index (χ0v) is 10.6. The molecule has 1 rings (SSSR count). The van der Waals surface area contributed by atoms with Gasteiger partial charge in [0.15, 0.2) is 6.10 Å². The molecule has 6 heteroatoms. The molecule has 0 spiro atoms. The highest BCUT2D eigenvalue weighted by molar-refractivity contribution is 5.72. The second-order valence-electron chi connectivity index (χ2n) is 4.60. The summed E-state index contributed by atoms with van der Waals surface area (Å²) >= 11 is 0. The quantitative estimate of drug-likeness (QED) is 0.894. The molecule has 0 aromatic heterocycles. The fourth-order valence-electron chi connectivity index (χ4n) is 1.51. The van der Waals surface area contributed by atoms with Gasteiger partial charge in [-0.2, -0.15) is 13.2 Å². The lowest BCUT2D eigenvalue weighted by atomic mass is 10.1. The molecule has 0 fully saturated rings. The van der Waals surface area contributed by atoms with Gasteiger partial charge in [0.1, 0.15) is 5.75 Å². The first-order chi connectivity index (χ1) is 8.70. The van der Waals surface area contributed by atoms with Gasteiger partial charge in [0.2, 0.25) is 0 Å². The van der Waals surface area contributed by atoms with Crippen molar-refractivity contribution in [1.82, 2.24) is 0 Å². The van der Waals surface area contributed by atoms with Crippen LogP contribution in [0.15, 0.2) is 24.3 Å². The number of hydrogen-bond donors (Lipinski definition) is 1. The Morgan fingerprint density at radius 3 is 2.16 bits per heavy atom. The van der Waals surface area contributed by atoms with Crippen molar-refractivity contribution in [2.75, 3.05) is 0 Å². The van der Waals surface area contributed by atoms with Crippen molar-refractivity contribution in [1.29, 1.82) is 0 Å². The van der Waals surface area contributed by atoms with E-state index < -0.39 is 23.8 Å². The summed E-state index contributed by atoms with van der Waals surface area (Å²) in [6.45, 7) is 3.68. The summed E-state index contributed by atoms with van der Waals surface area (Å²) in [4.78, 5) is 11.0. The van der Waals surface area contributed by atoms with Crippen molar-refractivity contribution < 1.29 is 27.8 Å². The number of rotatable bonds is 5. The fourth-order valence-corrected chi connectivity index (χ4v) is 1.51. The molecule has 0 saturated heterocycles. The maximum atomic E-state index is 12.3. The van der Waals surface area contributed by atoms with E-state index >= 15 is 0 Å². The summed E-state index contributed by atoms with van der Waals surface area (Å²) in [5.41, 5.74) is -0.796. The van der Waals surface area contributed by atoms with Gasteiger partial charge in [-0.25, -0.2) is 4.79 Å². The highest BCUT2D eigenvalue weighted by Gasteiger charge is 2.30. The van der Waals surface area contributed by atoms with E-state index in [1.807, 2.05) is 13.8 Å². The van der Waals surface area contributed by atoms with Gasteiger partial charge < -0.3 is 9.84 Å². The van der Waals surface area contributed by atoms with Crippen molar-refractivity contribution in [2.24, 2.45) is 5.92 Å². The number of benzene rings is 1. The molecule has 0 aliphatic carbocycles. The molecule has 0 radical (unpaired) electrons. The van der Waals surface area contributed by atoms with Crippen LogP contribution < -0.4 is 4.74 Å². The lowest BCUT2D eigenvalue weighted by Gasteiger charge is -2.17. The minimum Gasteiger partial charge on any atom is -0.479 e. The minimum absolute atomic E-state index is 0.107. The van der Waals surface area contributed by atoms with Gasteiger partial charge in [-0.3, -0.25) is 0 Å². The van der Waals surface area contributed by atoms with Crippen LogP contribution in [0, 0.1) is 5.92 Å². The predicted molar refractivity (Wildman–Crippen MR) is 63.0 cm³/mol. The van der Waals surface area contributed by atoms with Crippen LogP contribution in [0.1, 0.15) is 25.8 Å². The molecule has 106 valence electrons.